The van der Waals surface area contributed by atoms with Crippen LogP contribution >= 0.6 is 0 Å². The lowest BCUT2D eigenvalue weighted by Gasteiger charge is -2.02. The molecule has 0 radical (unpaired) electrons. The molecule has 0 aliphatic rings. The number of Topliss-reactive ketones (excluding diaryl/α,β-unsaturated/α-hetero) is 1. The van der Waals surface area contributed by atoms with Gasteiger partial charge in [-0.2, -0.15) is 5.10 Å². The minimum atomic E-state index is 0.106. The molecule has 0 aliphatic heterocycles. The van der Waals surface area contributed by atoms with E-state index in [4.69, 9.17) is 0 Å². The molecule has 2 aromatic heterocycles. The van der Waals surface area contributed by atoms with Crippen LogP contribution in [0.1, 0.15) is 27.4 Å². The maximum atomic E-state index is 12.1. The van der Waals surface area contributed by atoms with Gasteiger partial charge in [0.05, 0.1) is 5.69 Å². The van der Waals surface area contributed by atoms with Gasteiger partial charge < -0.3 is 4.57 Å². The average Bonchev–Trinajstić information content (AvgIpc) is 2.78. The monoisotopic (exact) mass is 231 g/mol. The van der Waals surface area contributed by atoms with Crippen molar-refractivity contribution in [1.82, 2.24) is 14.3 Å². The van der Waals surface area contributed by atoms with Gasteiger partial charge in [-0.05, 0) is 32.9 Å². The van der Waals surface area contributed by atoms with Crippen LogP contribution in [0.3, 0.4) is 0 Å². The van der Waals surface area contributed by atoms with Gasteiger partial charge >= 0.3 is 0 Å². The summed E-state index contributed by atoms with van der Waals surface area (Å²) in [6.07, 6.45) is 1.83. The summed E-state index contributed by atoms with van der Waals surface area (Å²) in [4.78, 5) is 12.1. The summed E-state index contributed by atoms with van der Waals surface area (Å²) < 4.78 is 3.71. The zero-order chi connectivity index (χ0) is 12.6. The van der Waals surface area contributed by atoms with Crippen molar-refractivity contribution in [1.29, 1.82) is 0 Å². The fourth-order valence-electron chi connectivity index (χ4n) is 1.92. The maximum Gasteiger partial charge on any atom is 0.186 e. The van der Waals surface area contributed by atoms with Crippen LogP contribution in [0.15, 0.2) is 18.3 Å². The number of carbonyl (C=O) groups is 1. The van der Waals surface area contributed by atoms with Crippen molar-refractivity contribution < 1.29 is 4.79 Å². The minimum absolute atomic E-state index is 0.106. The number of ketones is 1. The van der Waals surface area contributed by atoms with E-state index in [0.717, 1.165) is 22.6 Å². The highest BCUT2D eigenvalue weighted by Gasteiger charge is 2.14. The number of carbonyl (C=O) groups excluding carboxylic acids is 1. The van der Waals surface area contributed by atoms with Gasteiger partial charge in [0.1, 0.15) is 6.54 Å². The van der Waals surface area contributed by atoms with Crippen molar-refractivity contribution >= 4 is 5.78 Å². The van der Waals surface area contributed by atoms with Crippen LogP contribution in [0.4, 0.5) is 0 Å². The Kier molecular flexibility index (Phi) is 2.88. The Morgan fingerprint density at radius 3 is 2.53 bits per heavy atom. The van der Waals surface area contributed by atoms with Crippen LogP contribution in [0.25, 0.3) is 0 Å². The summed E-state index contributed by atoms with van der Waals surface area (Å²) in [6, 6.07) is 3.84. The first-order chi connectivity index (χ1) is 7.99. The molecule has 0 spiro atoms. The number of aryl methyl sites for hydroxylation is 2. The predicted octanol–water partition coefficient (Wildman–Crippen LogP) is 2.03. The Morgan fingerprint density at radius 1 is 1.35 bits per heavy atom. The van der Waals surface area contributed by atoms with E-state index in [1.165, 1.54) is 0 Å². The predicted molar refractivity (Wildman–Crippen MR) is 66.2 cm³/mol. The second kappa shape index (κ2) is 4.20. The van der Waals surface area contributed by atoms with E-state index >= 15 is 0 Å². The fourth-order valence-corrected chi connectivity index (χ4v) is 1.92. The number of rotatable bonds is 3. The normalized spacial score (nSPS) is 10.8. The SMILES string of the molecule is Cc1ccn(CC(=O)c2cc(C)n(C)c2C)n1. The van der Waals surface area contributed by atoms with Gasteiger partial charge in [0.25, 0.3) is 0 Å². The Bertz CT molecular complexity index is 563. The zero-order valence-electron chi connectivity index (χ0n) is 10.7. The summed E-state index contributed by atoms with van der Waals surface area (Å²) in [5.74, 6) is 0.106. The standard InChI is InChI=1S/C13H17N3O/c1-9-5-6-16(14-9)8-13(17)12-7-10(2)15(4)11(12)3/h5-7H,8H2,1-4H3. The van der Waals surface area contributed by atoms with Crippen LogP contribution in [-0.2, 0) is 13.6 Å². The lowest BCUT2D eigenvalue weighted by Crippen LogP contribution is -2.12. The van der Waals surface area contributed by atoms with Crippen molar-refractivity contribution in [2.24, 2.45) is 7.05 Å². The van der Waals surface area contributed by atoms with Crippen LogP contribution < -0.4 is 0 Å². The number of aromatic nitrogens is 3. The zero-order valence-corrected chi connectivity index (χ0v) is 10.7. The Labute approximate surface area is 101 Å². The van der Waals surface area contributed by atoms with E-state index in [-0.39, 0.29) is 5.78 Å². The van der Waals surface area contributed by atoms with Gasteiger partial charge in [-0.3, -0.25) is 9.48 Å². The molecule has 2 aromatic rings. The van der Waals surface area contributed by atoms with E-state index in [0.29, 0.717) is 6.54 Å². The second-order valence-electron chi connectivity index (χ2n) is 4.42. The van der Waals surface area contributed by atoms with E-state index in [1.807, 2.05) is 50.7 Å². The van der Waals surface area contributed by atoms with Crippen molar-refractivity contribution in [2.45, 2.75) is 27.3 Å². The summed E-state index contributed by atoms with van der Waals surface area (Å²) in [7, 11) is 1.97. The first-order valence-corrected chi connectivity index (χ1v) is 5.65. The third kappa shape index (κ3) is 2.16. The third-order valence-corrected chi connectivity index (χ3v) is 3.16. The summed E-state index contributed by atoms with van der Waals surface area (Å²) in [6.45, 7) is 6.19. The molecule has 0 atom stereocenters. The molecule has 90 valence electrons. The van der Waals surface area contributed by atoms with Gasteiger partial charge in [0.2, 0.25) is 0 Å². The average molecular weight is 231 g/mol. The van der Waals surface area contributed by atoms with E-state index in [1.54, 1.807) is 4.68 Å². The molecule has 0 aliphatic carbocycles. The molecule has 4 nitrogen and oxygen atoms in total. The lowest BCUT2D eigenvalue weighted by molar-refractivity contribution is 0.0967. The van der Waals surface area contributed by atoms with Gasteiger partial charge in [0, 0.05) is 30.2 Å². The summed E-state index contributed by atoms with van der Waals surface area (Å²) >= 11 is 0. The molecule has 17 heavy (non-hydrogen) atoms. The summed E-state index contributed by atoms with van der Waals surface area (Å²) in [5.41, 5.74) is 3.83. The van der Waals surface area contributed by atoms with Crippen molar-refractivity contribution in [3.63, 3.8) is 0 Å². The highest BCUT2D eigenvalue weighted by molar-refractivity contribution is 5.97. The van der Waals surface area contributed by atoms with Crippen molar-refractivity contribution in [2.75, 3.05) is 0 Å². The lowest BCUT2D eigenvalue weighted by atomic mass is 10.1. The van der Waals surface area contributed by atoms with Crippen LogP contribution in [0, 0.1) is 20.8 Å². The fraction of sp³-hybridized carbons (Fsp3) is 0.385. The molecule has 2 heterocycles. The van der Waals surface area contributed by atoms with Crippen LogP contribution in [0.5, 0.6) is 0 Å². The topological polar surface area (TPSA) is 39.8 Å². The molecule has 0 aromatic carbocycles. The smallest absolute Gasteiger partial charge is 0.186 e. The molecule has 0 saturated heterocycles. The largest absolute Gasteiger partial charge is 0.351 e. The Balaban J connectivity index is 2.23. The van der Waals surface area contributed by atoms with Crippen LogP contribution in [-0.4, -0.2) is 20.1 Å². The second-order valence-corrected chi connectivity index (χ2v) is 4.42. The molecule has 0 saturated carbocycles. The summed E-state index contributed by atoms with van der Waals surface area (Å²) in [5, 5.41) is 4.22. The molecule has 4 heteroatoms. The van der Waals surface area contributed by atoms with Gasteiger partial charge in [-0.1, -0.05) is 0 Å². The quantitative estimate of drug-likeness (QED) is 0.758. The molecule has 0 fully saturated rings. The highest BCUT2D eigenvalue weighted by atomic mass is 16.1. The molecular weight excluding hydrogens is 214 g/mol. The van der Waals surface area contributed by atoms with E-state index in [2.05, 4.69) is 5.10 Å². The van der Waals surface area contributed by atoms with Crippen molar-refractivity contribution in [3.8, 4) is 0 Å². The third-order valence-electron chi connectivity index (χ3n) is 3.16. The van der Waals surface area contributed by atoms with Gasteiger partial charge in [0.15, 0.2) is 5.78 Å². The number of nitrogens with zero attached hydrogens (tertiary/aromatic N) is 3. The first kappa shape index (κ1) is 11.6. The van der Waals surface area contributed by atoms with Gasteiger partial charge in [-0.15, -0.1) is 0 Å². The maximum absolute atomic E-state index is 12.1. The van der Waals surface area contributed by atoms with E-state index < -0.39 is 0 Å². The molecule has 0 amide bonds. The van der Waals surface area contributed by atoms with Gasteiger partial charge in [-0.25, -0.2) is 0 Å². The molecule has 0 bridgehead atoms. The van der Waals surface area contributed by atoms with Crippen LogP contribution in [0.2, 0.25) is 0 Å². The number of hydrogen-bond acceptors (Lipinski definition) is 2. The molecule has 2 rings (SSSR count). The molecule has 0 unspecified atom stereocenters. The Morgan fingerprint density at radius 2 is 2.06 bits per heavy atom. The van der Waals surface area contributed by atoms with E-state index in [9.17, 15) is 4.79 Å². The Hall–Kier alpha value is -1.84. The number of hydrogen-bond donors (Lipinski definition) is 0. The molecule has 0 N–H and O–H groups in total. The molecular formula is C13H17N3O. The highest BCUT2D eigenvalue weighted by Crippen LogP contribution is 2.14. The first-order valence-electron chi connectivity index (χ1n) is 5.65. The van der Waals surface area contributed by atoms with Crippen molar-refractivity contribution in [3.05, 3.63) is 41.0 Å². The minimum Gasteiger partial charge on any atom is -0.351 e.